The van der Waals surface area contributed by atoms with E-state index in [-0.39, 0.29) is 18.1 Å². The van der Waals surface area contributed by atoms with E-state index in [1.165, 1.54) is 0 Å². The van der Waals surface area contributed by atoms with Gasteiger partial charge in [-0.1, -0.05) is 12.1 Å². The van der Waals surface area contributed by atoms with Crippen molar-refractivity contribution in [2.45, 2.75) is 51.9 Å². The largest absolute Gasteiger partial charge is 0.497 e. The molecule has 0 spiro atoms. The van der Waals surface area contributed by atoms with E-state index in [0.29, 0.717) is 13.2 Å². The van der Waals surface area contributed by atoms with E-state index >= 15 is 0 Å². The summed E-state index contributed by atoms with van der Waals surface area (Å²) in [5, 5.41) is 0. The zero-order valence-electron chi connectivity index (χ0n) is 15.2. The van der Waals surface area contributed by atoms with Crippen molar-refractivity contribution in [2.24, 2.45) is 0 Å². The molecule has 2 rings (SSSR count). The summed E-state index contributed by atoms with van der Waals surface area (Å²) in [7, 11) is 1.65. The van der Waals surface area contributed by atoms with E-state index in [1.54, 1.807) is 7.11 Å². The molecule has 0 aromatic heterocycles. The van der Waals surface area contributed by atoms with Crippen molar-refractivity contribution in [3.63, 3.8) is 0 Å². The van der Waals surface area contributed by atoms with Gasteiger partial charge in [-0.3, -0.25) is 4.79 Å². The minimum atomic E-state index is -0.470. The van der Waals surface area contributed by atoms with Gasteiger partial charge in [0.1, 0.15) is 11.9 Å². The molecular weight excluding hydrogens is 306 g/mol. The van der Waals surface area contributed by atoms with Crippen LogP contribution in [0.2, 0.25) is 0 Å². The van der Waals surface area contributed by atoms with Gasteiger partial charge >= 0.3 is 0 Å². The molecule has 5 nitrogen and oxygen atoms in total. The molecule has 0 N–H and O–H groups in total. The van der Waals surface area contributed by atoms with Gasteiger partial charge in [0.2, 0.25) is 0 Å². The highest BCUT2D eigenvalue weighted by Gasteiger charge is 2.26. The summed E-state index contributed by atoms with van der Waals surface area (Å²) < 4.78 is 16.6. The fourth-order valence-corrected chi connectivity index (χ4v) is 3.03. The summed E-state index contributed by atoms with van der Waals surface area (Å²) in [6, 6.07) is 7.80. The van der Waals surface area contributed by atoms with Crippen molar-refractivity contribution >= 4 is 5.91 Å². The van der Waals surface area contributed by atoms with Gasteiger partial charge in [-0.15, -0.1) is 0 Å². The van der Waals surface area contributed by atoms with E-state index in [2.05, 4.69) is 0 Å². The molecule has 1 aromatic carbocycles. The van der Waals surface area contributed by atoms with Crippen LogP contribution in [-0.4, -0.2) is 49.9 Å². The molecule has 0 saturated carbocycles. The zero-order chi connectivity index (χ0) is 17.5. The molecule has 0 bridgehead atoms. The second-order valence-electron chi connectivity index (χ2n) is 6.19. The monoisotopic (exact) mass is 335 g/mol. The number of rotatable bonds is 8. The van der Waals surface area contributed by atoms with Crippen molar-refractivity contribution in [2.75, 3.05) is 26.9 Å². The highest BCUT2D eigenvalue weighted by Crippen LogP contribution is 2.25. The number of benzene rings is 1. The fourth-order valence-electron chi connectivity index (χ4n) is 3.03. The van der Waals surface area contributed by atoms with E-state index in [1.807, 2.05) is 49.9 Å². The smallest absolute Gasteiger partial charge is 0.251 e. The van der Waals surface area contributed by atoms with Crippen LogP contribution in [0.15, 0.2) is 24.3 Å². The van der Waals surface area contributed by atoms with Gasteiger partial charge in [-0.05, 0) is 51.3 Å². The number of ether oxygens (including phenoxy) is 3. The average Bonchev–Trinajstić information content (AvgIpc) is 3.13. The molecule has 1 saturated heterocycles. The van der Waals surface area contributed by atoms with Crippen LogP contribution in [0, 0.1) is 0 Å². The minimum absolute atomic E-state index is 0.00539. The van der Waals surface area contributed by atoms with Crippen LogP contribution in [0.4, 0.5) is 0 Å². The highest BCUT2D eigenvalue weighted by atomic mass is 16.5. The maximum atomic E-state index is 12.8. The van der Waals surface area contributed by atoms with E-state index in [9.17, 15) is 4.79 Å². The normalized spacial score (nSPS) is 19.8. The molecule has 1 aliphatic heterocycles. The molecule has 1 aliphatic rings. The molecule has 1 fully saturated rings. The summed E-state index contributed by atoms with van der Waals surface area (Å²) in [5.74, 6) is 0.802. The van der Waals surface area contributed by atoms with Gasteiger partial charge < -0.3 is 19.1 Å². The first-order valence-electron chi connectivity index (χ1n) is 8.74. The molecule has 1 amide bonds. The SMILES string of the molecule is CCN(C(=O)[C@H](C)OC[C@@H]1CCCO1)[C@@H](C)c1cccc(OC)c1. The molecule has 0 aliphatic carbocycles. The number of carbonyl (C=O) groups excluding carboxylic acids is 1. The third-order valence-corrected chi connectivity index (χ3v) is 4.57. The Bertz CT molecular complexity index is 528. The Labute approximate surface area is 144 Å². The lowest BCUT2D eigenvalue weighted by Crippen LogP contribution is -2.41. The lowest BCUT2D eigenvalue weighted by atomic mass is 10.1. The number of carbonyl (C=O) groups is 1. The van der Waals surface area contributed by atoms with Gasteiger partial charge in [0.25, 0.3) is 5.91 Å². The Morgan fingerprint density at radius 3 is 2.83 bits per heavy atom. The Morgan fingerprint density at radius 2 is 2.21 bits per heavy atom. The van der Waals surface area contributed by atoms with E-state index in [4.69, 9.17) is 14.2 Å². The quantitative estimate of drug-likeness (QED) is 0.732. The summed E-state index contributed by atoms with van der Waals surface area (Å²) >= 11 is 0. The van der Waals surface area contributed by atoms with Gasteiger partial charge in [0, 0.05) is 13.2 Å². The van der Waals surface area contributed by atoms with Crippen LogP contribution in [0.3, 0.4) is 0 Å². The first-order chi connectivity index (χ1) is 11.6. The molecule has 5 heteroatoms. The Morgan fingerprint density at radius 1 is 1.42 bits per heavy atom. The van der Waals surface area contributed by atoms with Gasteiger partial charge in [0.05, 0.1) is 25.9 Å². The summed E-state index contributed by atoms with van der Waals surface area (Å²) in [6.45, 7) is 7.75. The van der Waals surface area contributed by atoms with Crippen LogP contribution in [-0.2, 0) is 14.3 Å². The summed E-state index contributed by atoms with van der Waals surface area (Å²) in [6.07, 6.45) is 1.75. The number of hydrogen-bond acceptors (Lipinski definition) is 4. The van der Waals surface area contributed by atoms with Crippen LogP contribution in [0.1, 0.15) is 45.2 Å². The molecular formula is C19H29NO4. The number of amides is 1. The second-order valence-corrected chi connectivity index (χ2v) is 6.19. The first kappa shape index (κ1) is 18.7. The molecule has 1 heterocycles. The molecule has 0 radical (unpaired) electrons. The first-order valence-corrected chi connectivity index (χ1v) is 8.74. The van der Waals surface area contributed by atoms with E-state index in [0.717, 1.165) is 30.8 Å². The Balaban J connectivity index is 1.98. The minimum Gasteiger partial charge on any atom is -0.497 e. The topological polar surface area (TPSA) is 48.0 Å². The summed E-state index contributed by atoms with van der Waals surface area (Å²) in [5.41, 5.74) is 1.05. The second kappa shape index (κ2) is 9.04. The molecule has 3 atom stereocenters. The van der Waals surface area contributed by atoms with Crippen LogP contribution >= 0.6 is 0 Å². The number of methoxy groups -OCH3 is 1. The molecule has 1 aromatic rings. The van der Waals surface area contributed by atoms with Gasteiger partial charge in [-0.2, -0.15) is 0 Å². The Kier molecular flexibility index (Phi) is 7.06. The lowest BCUT2D eigenvalue weighted by molar-refractivity contribution is -0.146. The Hall–Kier alpha value is -1.59. The highest BCUT2D eigenvalue weighted by molar-refractivity contribution is 5.81. The molecule has 134 valence electrons. The van der Waals surface area contributed by atoms with Gasteiger partial charge in [0.15, 0.2) is 0 Å². The predicted molar refractivity (Wildman–Crippen MR) is 93.2 cm³/mol. The average molecular weight is 335 g/mol. The number of nitrogens with zero attached hydrogens (tertiary/aromatic N) is 1. The van der Waals surface area contributed by atoms with Crippen molar-refractivity contribution in [1.82, 2.24) is 4.90 Å². The van der Waals surface area contributed by atoms with Crippen molar-refractivity contribution in [1.29, 1.82) is 0 Å². The van der Waals surface area contributed by atoms with E-state index < -0.39 is 6.10 Å². The third-order valence-electron chi connectivity index (χ3n) is 4.57. The lowest BCUT2D eigenvalue weighted by Gasteiger charge is -2.31. The molecule has 24 heavy (non-hydrogen) atoms. The van der Waals surface area contributed by atoms with Gasteiger partial charge in [-0.25, -0.2) is 0 Å². The molecule has 0 unspecified atom stereocenters. The maximum Gasteiger partial charge on any atom is 0.251 e. The fraction of sp³-hybridized carbons (Fsp3) is 0.632. The van der Waals surface area contributed by atoms with Crippen molar-refractivity contribution < 1.29 is 19.0 Å². The van der Waals surface area contributed by atoms with Crippen molar-refractivity contribution in [3.8, 4) is 5.75 Å². The number of hydrogen-bond donors (Lipinski definition) is 0. The zero-order valence-corrected chi connectivity index (χ0v) is 15.2. The maximum absolute atomic E-state index is 12.8. The summed E-state index contributed by atoms with van der Waals surface area (Å²) in [4.78, 5) is 14.6. The van der Waals surface area contributed by atoms with Crippen LogP contribution < -0.4 is 4.74 Å². The van der Waals surface area contributed by atoms with Crippen LogP contribution in [0.5, 0.6) is 5.75 Å². The third kappa shape index (κ3) is 4.71. The van der Waals surface area contributed by atoms with Crippen molar-refractivity contribution in [3.05, 3.63) is 29.8 Å². The number of likely N-dealkylation sites (N-methyl/N-ethyl adjacent to an activating group) is 1. The standard InChI is InChI=1S/C19H29NO4/c1-5-20(14(2)16-8-6-9-17(12-16)22-4)19(21)15(3)24-13-18-10-7-11-23-18/h6,8-9,12,14-15,18H,5,7,10-11,13H2,1-4H3/t14-,15-,18-/m0/s1. The van der Waals surface area contributed by atoms with Crippen LogP contribution in [0.25, 0.3) is 0 Å². The predicted octanol–water partition coefficient (Wildman–Crippen LogP) is 3.19.